The number of rotatable bonds is 3. The second-order valence-electron chi connectivity index (χ2n) is 3.96. The first-order chi connectivity index (χ1) is 9.01. The number of nitrogens with one attached hydrogen (secondary N) is 1. The lowest BCUT2D eigenvalue weighted by Gasteiger charge is -2.05. The van der Waals surface area contributed by atoms with E-state index in [2.05, 4.69) is 15.4 Å². The van der Waals surface area contributed by atoms with Gasteiger partial charge in [0.15, 0.2) is 0 Å². The number of amides is 1. The lowest BCUT2D eigenvalue weighted by Crippen LogP contribution is -2.14. The SMILES string of the molecule is CCc1nn(C)cc1NC(=O)c1cc(F)cnc1Cl. The first-order valence-corrected chi connectivity index (χ1v) is 6.04. The summed E-state index contributed by atoms with van der Waals surface area (Å²) in [4.78, 5) is 15.6. The molecule has 0 unspecified atom stereocenters. The normalized spacial score (nSPS) is 10.5. The molecule has 0 saturated carbocycles. The molecular weight excluding hydrogens is 271 g/mol. The third-order valence-corrected chi connectivity index (χ3v) is 2.84. The summed E-state index contributed by atoms with van der Waals surface area (Å²) in [6, 6.07) is 1.05. The molecule has 100 valence electrons. The molecule has 0 spiro atoms. The summed E-state index contributed by atoms with van der Waals surface area (Å²) in [5, 5.41) is 6.81. The van der Waals surface area contributed by atoms with Gasteiger partial charge in [-0.2, -0.15) is 5.10 Å². The molecule has 0 fully saturated rings. The maximum atomic E-state index is 13.1. The summed E-state index contributed by atoms with van der Waals surface area (Å²) < 4.78 is 14.7. The molecule has 0 bridgehead atoms. The van der Waals surface area contributed by atoms with Crippen molar-refractivity contribution in [3.8, 4) is 0 Å². The van der Waals surface area contributed by atoms with E-state index in [1.807, 2.05) is 6.92 Å². The average molecular weight is 283 g/mol. The van der Waals surface area contributed by atoms with E-state index in [0.29, 0.717) is 12.1 Å². The van der Waals surface area contributed by atoms with Gasteiger partial charge >= 0.3 is 0 Å². The fourth-order valence-corrected chi connectivity index (χ4v) is 1.86. The Kier molecular flexibility index (Phi) is 3.80. The Bertz CT molecular complexity index is 626. The highest BCUT2D eigenvalue weighted by Crippen LogP contribution is 2.18. The maximum Gasteiger partial charge on any atom is 0.258 e. The minimum Gasteiger partial charge on any atom is -0.319 e. The second kappa shape index (κ2) is 5.36. The molecule has 0 saturated heterocycles. The molecule has 0 atom stereocenters. The number of hydrogen-bond donors (Lipinski definition) is 1. The van der Waals surface area contributed by atoms with E-state index in [0.717, 1.165) is 18.0 Å². The van der Waals surface area contributed by atoms with E-state index in [1.54, 1.807) is 17.9 Å². The number of carbonyl (C=O) groups is 1. The van der Waals surface area contributed by atoms with Crippen molar-refractivity contribution in [1.82, 2.24) is 14.8 Å². The highest BCUT2D eigenvalue weighted by molar-refractivity contribution is 6.33. The van der Waals surface area contributed by atoms with E-state index >= 15 is 0 Å². The maximum absolute atomic E-state index is 13.1. The standard InChI is InChI=1S/C12H12ClFN4O/c1-3-9-10(6-18(2)17-9)16-12(19)8-4-7(14)5-15-11(8)13/h4-6H,3H2,1-2H3,(H,16,19). The van der Waals surface area contributed by atoms with Crippen LogP contribution < -0.4 is 5.32 Å². The van der Waals surface area contributed by atoms with Gasteiger partial charge < -0.3 is 5.32 Å². The Hall–Kier alpha value is -1.95. The van der Waals surface area contributed by atoms with Gasteiger partial charge in [-0.3, -0.25) is 9.48 Å². The van der Waals surface area contributed by atoms with Crippen LogP contribution in [0.2, 0.25) is 5.15 Å². The third kappa shape index (κ3) is 2.90. The number of nitrogens with zero attached hydrogens (tertiary/aromatic N) is 3. The number of hydrogen-bond acceptors (Lipinski definition) is 3. The van der Waals surface area contributed by atoms with Gasteiger partial charge in [0.2, 0.25) is 0 Å². The molecule has 5 nitrogen and oxygen atoms in total. The van der Waals surface area contributed by atoms with E-state index in [-0.39, 0.29) is 10.7 Å². The zero-order valence-electron chi connectivity index (χ0n) is 10.4. The Balaban J connectivity index is 2.27. The lowest BCUT2D eigenvalue weighted by atomic mass is 10.2. The summed E-state index contributed by atoms with van der Waals surface area (Å²) in [5.41, 5.74) is 1.32. The molecular formula is C12H12ClFN4O. The van der Waals surface area contributed by atoms with Crippen molar-refractivity contribution in [3.05, 3.63) is 40.7 Å². The molecule has 2 heterocycles. The first-order valence-electron chi connectivity index (χ1n) is 5.66. The fourth-order valence-electron chi connectivity index (χ4n) is 1.67. The second-order valence-corrected chi connectivity index (χ2v) is 4.32. The van der Waals surface area contributed by atoms with Crippen molar-refractivity contribution in [2.75, 3.05) is 5.32 Å². The van der Waals surface area contributed by atoms with Gasteiger partial charge in [-0.25, -0.2) is 9.37 Å². The number of aryl methyl sites for hydroxylation is 2. The number of halogens is 2. The summed E-state index contributed by atoms with van der Waals surface area (Å²) in [6.45, 7) is 1.93. The quantitative estimate of drug-likeness (QED) is 0.880. The molecule has 0 aliphatic rings. The summed E-state index contributed by atoms with van der Waals surface area (Å²) in [5.74, 6) is -1.13. The number of pyridine rings is 1. The third-order valence-electron chi connectivity index (χ3n) is 2.54. The van der Waals surface area contributed by atoms with E-state index in [1.165, 1.54) is 0 Å². The number of carbonyl (C=O) groups excluding carboxylic acids is 1. The van der Waals surface area contributed by atoms with E-state index < -0.39 is 11.7 Å². The van der Waals surface area contributed by atoms with Crippen LogP contribution in [0.15, 0.2) is 18.5 Å². The van der Waals surface area contributed by atoms with Crippen LogP contribution in [0.1, 0.15) is 23.0 Å². The molecule has 2 aromatic rings. The van der Waals surface area contributed by atoms with Crippen LogP contribution >= 0.6 is 11.6 Å². The van der Waals surface area contributed by atoms with Gasteiger partial charge in [-0.05, 0) is 12.5 Å². The predicted molar refractivity (Wildman–Crippen MR) is 69.7 cm³/mol. The van der Waals surface area contributed by atoms with Crippen molar-refractivity contribution in [3.63, 3.8) is 0 Å². The van der Waals surface area contributed by atoms with E-state index in [9.17, 15) is 9.18 Å². The van der Waals surface area contributed by atoms with Gasteiger partial charge in [0.1, 0.15) is 11.0 Å². The molecule has 1 N–H and O–H groups in total. The van der Waals surface area contributed by atoms with Crippen LogP contribution in [-0.4, -0.2) is 20.7 Å². The van der Waals surface area contributed by atoms with Gasteiger partial charge in [-0.1, -0.05) is 18.5 Å². The van der Waals surface area contributed by atoms with Crippen LogP contribution in [0.25, 0.3) is 0 Å². The topological polar surface area (TPSA) is 59.8 Å². The Morgan fingerprint density at radius 3 is 3.00 bits per heavy atom. The summed E-state index contributed by atoms with van der Waals surface area (Å²) in [6.07, 6.45) is 3.31. The van der Waals surface area contributed by atoms with Crippen LogP contribution in [0.5, 0.6) is 0 Å². The molecule has 0 aliphatic heterocycles. The molecule has 0 aliphatic carbocycles. The van der Waals surface area contributed by atoms with Crippen LogP contribution in [0, 0.1) is 5.82 Å². The van der Waals surface area contributed by atoms with Crippen LogP contribution in [0.3, 0.4) is 0 Å². The van der Waals surface area contributed by atoms with Gasteiger partial charge in [0, 0.05) is 13.2 Å². The minimum atomic E-state index is -0.614. The van der Waals surface area contributed by atoms with Crippen molar-refractivity contribution in [2.24, 2.45) is 7.05 Å². The molecule has 19 heavy (non-hydrogen) atoms. The van der Waals surface area contributed by atoms with Crippen molar-refractivity contribution in [2.45, 2.75) is 13.3 Å². The Morgan fingerprint density at radius 1 is 1.58 bits per heavy atom. The zero-order valence-corrected chi connectivity index (χ0v) is 11.2. The number of aromatic nitrogens is 3. The highest BCUT2D eigenvalue weighted by atomic mass is 35.5. The molecule has 2 rings (SSSR count). The Morgan fingerprint density at radius 2 is 2.32 bits per heavy atom. The van der Waals surface area contributed by atoms with Crippen molar-refractivity contribution >= 4 is 23.2 Å². The smallest absolute Gasteiger partial charge is 0.258 e. The van der Waals surface area contributed by atoms with Gasteiger partial charge in [0.05, 0.1) is 23.1 Å². The highest BCUT2D eigenvalue weighted by Gasteiger charge is 2.15. The van der Waals surface area contributed by atoms with Crippen LogP contribution in [0.4, 0.5) is 10.1 Å². The lowest BCUT2D eigenvalue weighted by molar-refractivity contribution is 0.102. The van der Waals surface area contributed by atoms with Gasteiger partial charge in [0.25, 0.3) is 5.91 Å². The number of anilines is 1. The van der Waals surface area contributed by atoms with Gasteiger partial charge in [-0.15, -0.1) is 0 Å². The molecule has 0 radical (unpaired) electrons. The zero-order chi connectivity index (χ0) is 14.0. The predicted octanol–water partition coefficient (Wildman–Crippen LogP) is 2.42. The summed E-state index contributed by atoms with van der Waals surface area (Å²) >= 11 is 5.78. The summed E-state index contributed by atoms with van der Waals surface area (Å²) in [7, 11) is 1.76. The van der Waals surface area contributed by atoms with Crippen molar-refractivity contribution in [1.29, 1.82) is 0 Å². The molecule has 2 aromatic heterocycles. The largest absolute Gasteiger partial charge is 0.319 e. The van der Waals surface area contributed by atoms with E-state index in [4.69, 9.17) is 11.6 Å². The fraction of sp³-hybridized carbons (Fsp3) is 0.250. The first kappa shape index (κ1) is 13.5. The monoisotopic (exact) mass is 282 g/mol. The van der Waals surface area contributed by atoms with Crippen LogP contribution in [-0.2, 0) is 13.5 Å². The average Bonchev–Trinajstić information content (AvgIpc) is 2.72. The van der Waals surface area contributed by atoms with Crippen molar-refractivity contribution < 1.29 is 9.18 Å². The minimum absolute atomic E-state index is 0.00688. The molecule has 0 aromatic carbocycles. The molecule has 1 amide bonds. The molecule has 7 heteroatoms. The Labute approximate surface area is 114 Å².